The van der Waals surface area contributed by atoms with Crippen molar-refractivity contribution in [3.8, 4) is 0 Å². The maximum atomic E-state index is 12.2. The second-order valence-corrected chi connectivity index (χ2v) is 6.45. The largest absolute Gasteiger partial charge is 0.469 e. The van der Waals surface area contributed by atoms with Gasteiger partial charge in [0.2, 0.25) is 5.91 Å². The first-order valence-corrected chi connectivity index (χ1v) is 7.66. The maximum Gasteiger partial charge on any atom is 0.305 e. The van der Waals surface area contributed by atoms with Crippen LogP contribution in [-0.4, -0.2) is 47.7 Å². The van der Waals surface area contributed by atoms with Crippen molar-refractivity contribution in [2.24, 2.45) is 17.8 Å². The molecule has 20 heavy (non-hydrogen) atoms. The van der Waals surface area contributed by atoms with E-state index in [1.807, 2.05) is 4.90 Å². The molecule has 5 atom stereocenters. The summed E-state index contributed by atoms with van der Waals surface area (Å²) in [5, 5.41) is 10.4. The van der Waals surface area contributed by atoms with Gasteiger partial charge in [0.1, 0.15) is 0 Å². The van der Waals surface area contributed by atoms with E-state index in [1.54, 1.807) is 0 Å². The van der Waals surface area contributed by atoms with Crippen LogP contribution in [-0.2, 0) is 14.3 Å². The molecule has 1 saturated carbocycles. The molecular formula is C15H23NO4. The Morgan fingerprint density at radius 2 is 2.25 bits per heavy atom. The minimum absolute atomic E-state index is 0.119. The van der Waals surface area contributed by atoms with Crippen LogP contribution in [0.5, 0.6) is 0 Å². The van der Waals surface area contributed by atoms with Crippen LogP contribution >= 0.6 is 0 Å². The van der Waals surface area contributed by atoms with Crippen molar-refractivity contribution in [1.29, 1.82) is 0 Å². The minimum atomic E-state index is -0.480. The van der Waals surface area contributed by atoms with Crippen molar-refractivity contribution in [3.05, 3.63) is 0 Å². The molecule has 0 spiro atoms. The summed E-state index contributed by atoms with van der Waals surface area (Å²) in [6.45, 7) is 0.845. The first kappa shape index (κ1) is 13.9. The van der Waals surface area contributed by atoms with E-state index in [9.17, 15) is 14.7 Å². The lowest BCUT2D eigenvalue weighted by Crippen LogP contribution is -2.49. The lowest BCUT2D eigenvalue weighted by atomic mass is 9.67. The number of hydrogen-bond donors (Lipinski definition) is 1. The molecule has 0 aromatic carbocycles. The molecule has 5 nitrogen and oxygen atoms in total. The molecule has 2 heterocycles. The van der Waals surface area contributed by atoms with E-state index in [1.165, 1.54) is 7.11 Å². The van der Waals surface area contributed by atoms with Crippen LogP contribution in [0, 0.1) is 17.8 Å². The maximum absolute atomic E-state index is 12.2. The van der Waals surface area contributed by atoms with Crippen LogP contribution in [0.1, 0.15) is 38.5 Å². The van der Waals surface area contributed by atoms with Gasteiger partial charge in [-0.15, -0.1) is 0 Å². The van der Waals surface area contributed by atoms with Gasteiger partial charge in [-0.05, 0) is 31.1 Å². The highest BCUT2D eigenvalue weighted by molar-refractivity contribution is 5.80. The van der Waals surface area contributed by atoms with Crippen molar-refractivity contribution < 1.29 is 19.4 Å². The number of aliphatic hydroxyl groups excluding tert-OH is 1. The molecule has 0 aromatic heterocycles. The van der Waals surface area contributed by atoms with Gasteiger partial charge in [0, 0.05) is 24.9 Å². The molecule has 5 heteroatoms. The van der Waals surface area contributed by atoms with Crippen LogP contribution in [0.4, 0.5) is 0 Å². The highest BCUT2D eigenvalue weighted by Crippen LogP contribution is 2.47. The Kier molecular flexibility index (Phi) is 3.71. The Balaban J connectivity index is 1.85. The molecule has 3 fully saturated rings. The number of methoxy groups -OCH3 is 1. The van der Waals surface area contributed by atoms with E-state index in [0.29, 0.717) is 18.8 Å². The first-order valence-electron chi connectivity index (χ1n) is 7.66. The number of esters is 1. The molecule has 0 bridgehead atoms. The van der Waals surface area contributed by atoms with Gasteiger partial charge in [-0.3, -0.25) is 9.59 Å². The smallest absolute Gasteiger partial charge is 0.305 e. The van der Waals surface area contributed by atoms with Gasteiger partial charge in [0.05, 0.1) is 19.6 Å². The highest BCUT2D eigenvalue weighted by atomic mass is 16.5. The van der Waals surface area contributed by atoms with E-state index in [2.05, 4.69) is 0 Å². The average Bonchev–Trinajstić information content (AvgIpc) is 2.61. The van der Waals surface area contributed by atoms with E-state index >= 15 is 0 Å². The molecule has 1 N–H and O–H groups in total. The molecule has 0 unspecified atom stereocenters. The second kappa shape index (κ2) is 5.35. The molecule has 0 aromatic rings. The third kappa shape index (κ3) is 2.22. The van der Waals surface area contributed by atoms with Gasteiger partial charge in [0.25, 0.3) is 0 Å². The topological polar surface area (TPSA) is 66.8 Å². The molecule has 2 saturated heterocycles. The molecule has 0 radical (unpaired) electrons. The summed E-state index contributed by atoms with van der Waals surface area (Å²) in [6, 6.07) is 0.239. The first-order chi connectivity index (χ1) is 9.61. The van der Waals surface area contributed by atoms with Crippen molar-refractivity contribution >= 4 is 11.9 Å². The summed E-state index contributed by atoms with van der Waals surface area (Å²) in [7, 11) is 1.37. The number of aliphatic hydroxyl groups is 1. The van der Waals surface area contributed by atoms with Crippen molar-refractivity contribution in [3.63, 3.8) is 0 Å². The quantitative estimate of drug-likeness (QED) is 0.765. The Labute approximate surface area is 119 Å². The van der Waals surface area contributed by atoms with Gasteiger partial charge in [-0.25, -0.2) is 0 Å². The molecule has 1 amide bonds. The van der Waals surface area contributed by atoms with Gasteiger partial charge in [-0.1, -0.05) is 6.42 Å². The number of amides is 1. The summed E-state index contributed by atoms with van der Waals surface area (Å²) >= 11 is 0. The normalized spacial score (nSPS) is 40.2. The third-order valence-corrected chi connectivity index (χ3v) is 5.45. The second-order valence-electron chi connectivity index (χ2n) is 6.45. The predicted octanol–water partition coefficient (Wildman–Crippen LogP) is 0.947. The van der Waals surface area contributed by atoms with E-state index in [4.69, 9.17) is 4.74 Å². The van der Waals surface area contributed by atoms with Gasteiger partial charge in [-0.2, -0.15) is 0 Å². The van der Waals surface area contributed by atoms with Crippen molar-refractivity contribution in [1.82, 2.24) is 4.90 Å². The fourth-order valence-electron chi connectivity index (χ4n) is 4.57. The Bertz CT molecular complexity index is 411. The molecular weight excluding hydrogens is 258 g/mol. The van der Waals surface area contributed by atoms with Crippen LogP contribution in [0.25, 0.3) is 0 Å². The van der Waals surface area contributed by atoms with E-state index in [0.717, 1.165) is 25.8 Å². The van der Waals surface area contributed by atoms with Crippen molar-refractivity contribution in [2.75, 3.05) is 13.7 Å². The summed E-state index contributed by atoms with van der Waals surface area (Å²) in [5.74, 6) is 0.310. The van der Waals surface area contributed by atoms with Gasteiger partial charge < -0.3 is 14.7 Å². The molecule has 3 rings (SSSR count). The number of nitrogens with zero attached hydrogens (tertiary/aromatic N) is 1. The Hall–Kier alpha value is -1.10. The third-order valence-electron chi connectivity index (χ3n) is 5.45. The zero-order valence-electron chi connectivity index (χ0n) is 12.0. The lowest BCUT2D eigenvalue weighted by molar-refractivity contribution is -0.145. The number of carbonyl (C=O) groups excluding carboxylic acids is 2. The standard InChI is InChI=1S/C15H23NO4/c1-20-14(19)8-10-11-7-13(18)16-5-3-2-4-9(15(11)16)6-12(10)17/h9-12,15,17H,2-8H2,1H3/t9-,10-,11-,12-,15-/m1/s1. The van der Waals surface area contributed by atoms with E-state index < -0.39 is 6.10 Å². The summed E-state index contributed by atoms with van der Waals surface area (Å²) in [6.07, 6.45) is 4.23. The summed E-state index contributed by atoms with van der Waals surface area (Å²) in [5.41, 5.74) is 0. The predicted molar refractivity (Wildman–Crippen MR) is 71.7 cm³/mol. The summed E-state index contributed by atoms with van der Waals surface area (Å²) in [4.78, 5) is 25.8. The van der Waals surface area contributed by atoms with E-state index in [-0.39, 0.29) is 36.2 Å². The minimum Gasteiger partial charge on any atom is -0.469 e. The molecule has 2 aliphatic heterocycles. The monoisotopic (exact) mass is 281 g/mol. The Morgan fingerprint density at radius 3 is 3.00 bits per heavy atom. The van der Waals surface area contributed by atoms with Crippen LogP contribution in [0.2, 0.25) is 0 Å². The number of carbonyl (C=O) groups is 2. The zero-order valence-corrected chi connectivity index (χ0v) is 12.0. The number of rotatable bonds is 2. The van der Waals surface area contributed by atoms with Crippen molar-refractivity contribution in [2.45, 2.75) is 50.7 Å². The van der Waals surface area contributed by atoms with Crippen LogP contribution in [0.15, 0.2) is 0 Å². The SMILES string of the molecule is COC(=O)C[C@@H]1[C@H]2CC(=O)N3CCCC[C@H](C[C@H]1O)[C@H]23. The Morgan fingerprint density at radius 1 is 1.45 bits per heavy atom. The van der Waals surface area contributed by atoms with Gasteiger partial charge in [0.15, 0.2) is 0 Å². The van der Waals surface area contributed by atoms with Crippen LogP contribution in [0.3, 0.4) is 0 Å². The highest BCUT2D eigenvalue weighted by Gasteiger charge is 2.53. The fourth-order valence-corrected chi connectivity index (χ4v) is 4.57. The average molecular weight is 281 g/mol. The fraction of sp³-hybridized carbons (Fsp3) is 0.867. The number of hydrogen-bond acceptors (Lipinski definition) is 4. The zero-order chi connectivity index (χ0) is 14.3. The molecule has 112 valence electrons. The van der Waals surface area contributed by atoms with Gasteiger partial charge >= 0.3 is 5.97 Å². The van der Waals surface area contributed by atoms with Crippen LogP contribution < -0.4 is 0 Å². The summed E-state index contributed by atoms with van der Waals surface area (Å²) < 4.78 is 4.75. The molecule has 1 aliphatic carbocycles. The molecule has 3 aliphatic rings. The lowest BCUT2D eigenvalue weighted by Gasteiger charge is -2.43. The number of ether oxygens (including phenoxy) is 1.